The van der Waals surface area contributed by atoms with Crippen LogP contribution in [-0.4, -0.2) is 16.1 Å². The minimum Gasteiger partial charge on any atom is -0.457 e. The van der Waals surface area contributed by atoms with Crippen LogP contribution in [0.4, 0.5) is 0 Å². The third-order valence-electron chi connectivity index (χ3n) is 12.9. The highest BCUT2D eigenvalue weighted by Gasteiger charge is 2.51. The fourth-order valence-electron chi connectivity index (χ4n) is 9.25. The van der Waals surface area contributed by atoms with Gasteiger partial charge in [0.25, 0.3) is 0 Å². The lowest BCUT2D eigenvalue weighted by Crippen LogP contribution is -2.75. The fraction of sp³-hybridized carbons (Fsp3) is 0.160. The molecule has 2 heterocycles. The third-order valence-corrected chi connectivity index (χ3v) is 24.0. The Morgan fingerprint density at radius 1 is 0.537 bits per heavy atom. The minimum atomic E-state index is -3.03. The van der Waals surface area contributed by atoms with E-state index in [0.717, 1.165) is 11.5 Å². The first-order valence-electron chi connectivity index (χ1n) is 19.1. The average molecular weight is 751 g/mol. The van der Waals surface area contributed by atoms with Crippen LogP contribution in [0.2, 0.25) is 13.1 Å². The molecule has 7 aromatic rings. The van der Waals surface area contributed by atoms with Crippen LogP contribution >= 0.6 is 11.8 Å². The fourth-order valence-corrected chi connectivity index (χ4v) is 18.6. The summed E-state index contributed by atoms with van der Waals surface area (Å²) >= 11 is 1.92. The number of hydrogen-bond acceptors (Lipinski definition) is 2. The number of ether oxygens (including phenoxy) is 1. The van der Waals surface area contributed by atoms with Gasteiger partial charge in [-0.3, -0.25) is 0 Å². The van der Waals surface area contributed by atoms with Gasteiger partial charge in [-0.25, -0.2) is 0 Å². The largest absolute Gasteiger partial charge is 0.457 e. The summed E-state index contributed by atoms with van der Waals surface area (Å²) in [6.45, 7) is 14.7. The maximum Gasteiger partial charge on any atom is 0.183 e. The van der Waals surface area contributed by atoms with Crippen LogP contribution in [0, 0.1) is 0 Å². The summed E-state index contributed by atoms with van der Waals surface area (Å²) in [6.07, 6.45) is 0. The van der Waals surface area contributed by atoms with E-state index < -0.39 is 16.1 Å². The second kappa shape index (κ2) is 12.9. The maximum atomic E-state index is 7.39. The quantitative estimate of drug-likeness (QED) is 0.128. The van der Waals surface area contributed by atoms with Crippen LogP contribution in [0.5, 0.6) is 11.5 Å². The van der Waals surface area contributed by atoms with Crippen molar-refractivity contribution in [3.8, 4) is 22.6 Å². The molecule has 9 rings (SSSR count). The Morgan fingerprint density at radius 2 is 1.11 bits per heavy atom. The lowest BCUT2D eigenvalue weighted by atomic mass is 9.77. The summed E-state index contributed by atoms with van der Waals surface area (Å²) in [5, 5.41) is 6.69. The van der Waals surface area contributed by atoms with E-state index in [1.54, 1.807) is 0 Å². The lowest BCUT2D eigenvalue weighted by molar-refractivity contribution is 0.480. The van der Waals surface area contributed by atoms with E-state index in [4.69, 9.17) is 4.74 Å². The third kappa shape index (κ3) is 5.11. The molecular weight excluding hydrogens is 705 g/mol. The lowest BCUT2D eigenvalue weighted by Gasteiger charge is -2.41. The molecule has 0 radical (unpaired) electrons. The average Bonchev–Trinajstić information content (AvgIpc) is 3.26. The highest BCUT2D eigenvalue weighted by molar-refractivity contribution is 7.99. The predicted octanol–water partition coefficient (Wildman–Crippen LogP) is 10.1. The zero-order valence-electron chi connectivity index (χ0n) is 32.0. The predicted molar refractivity (Wildman–Crippen MR) is 235 cm³/mol. The van der Waals surface area contributed by atoms with Gasteiger partial charge in [0.05, 0.1) is 8.07 Å². The van der Waals surface area contributed by atoms with E-state index in [9.17, 15) is 0 Å². The molecule has 266 valence electrons. The molecular formula is C50H46OSSi2. The molecule has 0 atom stereocenters. The molecule has 2 aliphatic heterocycles. The van der Waals surface area contributed by atoms with Crippen LogP contribution in [0.25, 0.3) is 11.1 Å². The van der Waals surface area contributed by atoms with Crippen LogP contribution in [0.3, 0.4) is 0 Å². The van der Waals surface area contributed by atoms with Crippen molar-refractivity contribution in [2.24, 2.45) is 0 Å². The van der Waals surface area contributed by atoms with Crippen molar-refractivity contribution in [3.63, 3.8) is 0 Å². The molecule has 54 heavy (non-hydrogen) atoms. The van der Waals surface area contributed by atoms with Gasteiger partial charge in [0.1, 0.15) is 11.5 Å². The molecule has 0 saturated heterocycles. The minimum absolute atomic E-state index is 0.0481. The monoisotopic (exact) mass is 750 g/mol. The SMILES string of the molecule is CC1(C)c2ccccc2Sc2c(-c3cccc([Si](c4ccccc4)(c4ccccc4)c4cccc5c4Oc4ccccc4C(C)(C)[Si]5(C)C)c3)cccc21. The summed E-state index contributed by atoms with van der Waals surface area (Å²) in [5.74, 6) is 2.03. The second-order valence-corrected chi connectivity index (χ2v) is 26.4. The van der Waals surface area contributed by atoms with Gasteiger partial charge >= 0.3 is 0 Å². The van der Waals surface area contributed by atoms with Crippen molar-refractivity contribution in [1.29, 1.82) is 0 Å². The molecule has 0 aromatic heterocycles. The first-order chi connectivity index (χ1) is 26.1. The summed E-state index contributed by atoms with van der Waals surface area (Å²) < 4.78 is 7.39. The Balaban J connectivity index is 1.35. The topological polar surface area (TPSA) is 9.23 Å². The van der Waals surface area contributed by atoms with Gasteiger partial charge in [0.2, 0.25) is 0 Å². The Morgan fingerprint density at radius 3 is 1.83 bits per heavy atom. The summed E-state index contributed by atoms with van der Waals surface area (Å²) in [7, 11) is -5.21. The van der Waals surface area contributed by atoms with Crippen molar-refractivity contribution in [2.75, 3.05) is 0 Å². The van der Waals surface area contributed by atoms with Crippen molar-refractivity contribution in [3.05, 3.63) is 187 Å². The zero-order chi connectivity index (χ0) is 37.3. The van der Waals surface area contributed by atoms with E-state index >= 15 is 0 Å². The first-order valence-corrected chi connectivity index (χ1v) is 24.9. The highest BCUT2D eigenvalue weighted by Crippen LogP contribution is 2.52. The Bertz CT molecular complexity index is 2500. The van der Waals surface area contributed by atoms with Gasteiger partial charge in [-0.15, -0.1) is 0 Å². The summed E-state index contributed by atoms with van der Waals surface area (Å²) in [4.78, 5) is 2.70. The van der Waals surface area contributed by atoms with Crippen LogP contribution in [0.1, 0.15) is 44.4 Å². The van der Waals surface area contributed by atoms with E-state index in [-0.39, 0.29) is 10.5 Å². The Labute approximate surface area is 327 Å². The number of fused-ring (bicyclic) bond motifs is 4. The van der Waals surface area contributed by atoms with E-state index in [1.807, 2.05) is 11.8 Å². The number of hydrogen-bond donors (Lipinski definition) is 0. The Hall–Kier alpha value is -4.88. The van der Waals surface area contributed by atoms with Gasteiger partial charge in [-0.2, -0.15) is 0 Å². The van der Waals surface area contributed by atoms with Gasteiger partial charge in [-0.05, 0) is 70.9 Å². The summed E-state index contributed by atoms with van der Waals surface area (Å²) in [6, 6.07) is 63.8. The van der Waals surface area contributed by atoms with Gasteiger partial charge in [0.15, 0.2) is 8.07 Å². The van der Waals surface area contributed by atoms with Crippen LogP contribution < -0.4 is 30.7 Å². The van der Waals surface area contributed by atoms with Gasteiger partial charge in [0, 0.05) is 15.2 Å². The van der Waals surface area contributed by atoms with E-state index in [1.165, 1.54) is 63.5 Å². The molecule has 0 spiro atoms. The maximum absolute atomic E-state index is 7.39. The van der Waals surface area contributed by atoms with E-state index in [0.29, 0.717) is 0 Å². The smallest absolute Gasteiger partial charge is 0.183 e. The summed E-state index contributed by atoms with van der Waals surface area (Å²) in [5.41, 5.74) is 6.52. The molecule has 0 saturated carbocycles. The molecule has 4 heteroatoms. The van der Waals surface area contributed by atoms with Crippen LogP contribution in [0.15, 0.2) is 180 Å². The van der Waals surface area contributed by atoms with Gasteiger partial charge < -0.3 is 4.74 Å². The van der Waals surface area contributed by atoms with Crippen molar-refractivity contribution < 1.29 is 4.74 Å². The first kappa shape index (κ1) is 34.9. The molecule has 7 aromatic carbocycles. The van der Waals surface area contributed by atoms with Crippen molar-refractivity contribution in [1.82, 2.24) is 0 Å². The molecule has 0 N–H and O–H groups in total. The zero-order valence-corrected chi connectivity index (χ0v) is 34.8. The molecule has 1 nitrogen and oxygen atoms in total. The molecule has 0 fully saturated rings. The normalized spacial score (nSPS) is 16.1. The number of rotatable bonds is 5. The number of para-hydroxylation sites is 2. The number of benzene rings is 7. The van der Waals surface area contributed by atoms with Crippen LogP contribution in [-0.2, 0) is 10.5 Å². The van der Waals surface area contributed by atoms with Crippen molar-refractivity contribution in [2.45, 2.75) is 61.0 Å². The molecule has 2 aliphatic rings. The Kier molecular flexibility index (Phi) is 8.31. The van der Waals surface area contributed by atoms with Crippen molar-refractivity contribution >= 4 is 53.8 Å². The molecule has 0 bridgehead atoms. The van der Waals surface area contributed by atoms with E-state index in [2.05, 4.69) is 211 Å². The standard InChI is InChI=1S/C50H46OSSi2/c1-49(2)41-28-14-16-31-44(41)52-48-39(26-18-29-42(48)49)35-20-17-25-38(34-35)54(36-21-9-7-10-22-36,37-23-11-8-12-24-37)46-33-19-32-45-47(46)51-43-30-15-13-27-40(43)50(3,4)53(45,5)6/h7-34H,1-6H3. The second-order valence-electron chi connectivity index (χ2n) is 16.5. The van der Waals surface area contributed by atoms with Gasteiger partial charge in [-0.1, -0.05) is 210 Å². The molecule has 0 aliphatic carbocycles. The highest BCUT2D eigenvalue weighted by atomic mass is 32.2. The molecule has 0 unspecified atom stereocenters. The molecule has 0 amide bonds.